The molecule has 1 atom stereocenters. The van der Waals surface area contributed by atoms with Crippen LogP contribution in [0.2, 0.25) is 0 Å². The summed E-state index contributed by atoms with van der Waals surface area (Å²) >= 11 is 0. The Kier molecular flexibility index (Phi) is 11.2. The minimum atomic E-state index is -0.695. The minimum Gasteiger partial charge on any atom is -0.507 e. The second kappa shape index (κ2) is 14.6. The fraction of sp³-hybridized carbons (Fsp3) is 0.484. The summed E-state index contributed by atoms with van der Waals surface area (Å²) in [4.78, 5) is 30.4. The number of hydrogen-bond donors (Lipinski definition) is 1. The molecule has 1 N–H and O–H groups in total. The Labute approximate surface area is 227 Å². The van der Waals surface area contributed by atoms with E-state index in [1.54, 1.807) is 23.1 Å². The van der Waals surface area contributed by atoms with Crippen molar-refractivity contribution in [2.24, 2.45) is 0 Å². The molecule has 2 aromatic carbocycles. The SMILES string of the molecule is CCCCOc1ccc(C2C(=C(O)c3cccc(OCCCC)c3)C(=O)C(=O)N2CCN(CC)CC)cc1. The number of carbonyl (C=O) groups is 2. The summed E-state index contributed by atoms with van der Waals surface area (Å²) in [5.41, 5.74) is 1.30. The molecule has 1 fully saturated rings. The third kappa shape index (κ3) is 7.16. The zero-order chi connectivity index (χ0) is 27.5. The number of likely N-dealkylation sites (tertiary alicyclic amines) is 1. The number of carbonyl (C=O) groups excluding carboxylic acids is 2. The summed E-state index contributed by atoms with van der Waals surface area (Å²) in [6, 6.07) is 13.8. The Bertz CT molecular complexity index is 1090. The van der Waals surface area contributed by atoms with Crippen LogP contribution in [0.15, 0.2) is 54.1 Å². The van der Waals surface area contributed by atoms with Crippen molar-refractivity contribution >= 4 is 17.4 Å². The topological polar surface area (TPSA) is 79.3 Å². The maximum atomic E-state index is 13.4. The second-order valence-electron chi connectivity index (χ2n) is 9.52. The quantitative estimate of drug-likeness (QED) is 0.138. The van der Waals surface area contributed by atoms with E-state index in [2.05, 4.69) is 32.6 Å². The molecule has 0 radical (unpaired) electrons. The molecule has 0 aliphatic carbocycles. The average Bonchev–Trinajstić information content (AvgIpc) is 3.19. The van der Waals surface area contributed by atoms with Gasteiger partial charge in [-0.3, -0.25) is 9.59 Å². The van der Waals surface area contributed by atoms with Gasteiger partial charge in [-0.2, -0.15) is 0 Å². The second-order valence-corrected chi connectivity index (χ2v) is 9.52. The molecular weight excluding hydrogens is 480 g/mol. The molecule has 0 bridgehead atoms. The molecule has 1 saturated heterocycles. The third-order valence-corrected chi connectivity index (χ3v) is 6.93. The number of benzene rings is 2. The monoisotopic (exact) mass is 522 g/mol. The average molecular weight is 523 g/mol. The number of ether oxygens (including phenoxy) is 2. The van der Waals surface area contributed by atoms with Crippen molar-refractivity contribution in [3.63, 3.8) is 0 Å². The molecule has 1 unspecified atom stereocenters. The van der Waals surface area contributed by atoms with Crippen LogP contribution in [0, 0.1) is 0 Å². The molecule has 7 nitrogen and oxygen atoms in total. The van der Waals surface area contributed by atoms with Gasteiger partial charge in [-0.1, -0.05) is 64.8 Å². The first-order valence-electron chi connectivity index (χ1n) is 13.9. The van der Waals surface area contributed by atoms with Crippen LogP contribution in [0.3, 0.4) is 0 Å². The van der Waals surface area contributed by atoms with Gasteiger partial charge in [0, 0.05) is 18.7 Å². The van der Waals surface area contributed by atoms with Gasteiger partial charge in [-0.05, 0) is 55.8 Å². The number of nitrogens with zero attached hydrogens (tertiary/aromatic N) is 2. The molecule has 0 saturated carbocycles. The number of Topliss-reactive ketones (excluding diaryl/α,β-unsaturated/α-hetero) is 1. The lowest BCUT2D eigenvalue weighted by molar-refractivity contribution is -0.140. The van der Waals surface area contributed by atoms with Crippen molar-refractivity contribution in [1.29, 1.82) is 0 Å². The number of amides is 1. The smallest absolute Gasteiger partial charge is 0.295 e. The normalized spacial score (nSPS) is 16.9. The molecule has 1 heterocycles. The lowest BCUT2D eigenvalue weighted by Crippen LogP contribution is -2.38. The van der Waals surface area contributed by atoms with Gasteiger partial charge in [0.2, 0.25) is 0 Å². The Morgan fingerprint density at radius 3 is 2.13 bits per heavy atom. The molecule has 7 heteroatoms. The van der Waals surface area contributed by atoms with Gasteiger partial charge in [-0.15, -0.1) is 0 Å². The highest BCUT2D eigenvalue weighted by Gasteiger charge is 2.46. The van der Waals surface area contributed by atoms with Crippen molar-refractivity contribution in [3.8, 4) is 11.5 Å². The van der Waals surface area contributed by atoms with Crippen LogP contribution < -0.4 is 9.47 Å². The number of rotatable bonds is 15. The van der Waals surface area contributed by atoms with E-state index < -0.39 is 17.7 Å². The molecule has 38 heavy (non-hydrogen) atoms. The lowest BCUT2D eigenvalue weighted by Gasteiger charge is -2.28. The van der Waals surface area contributed by atoms with Gasteiger partial charge in [-0.25, -0.2) is 0 Å². The molecule has 1 amide bonds. The third-order valence-electron chi connectivity index (χ3n) is 6.93. The highest BCUT2D eigenvalue weighted by atomic mass is 16.5. The fourth-order valence-corrected chi connectivity index (χ4v) is 4.55. The molecule has 0 spiro atoms. The summed E-state index contributed by atoms with van der Waals surface area (Å²) in [7, 11) is 0. The van der Waals surface area contributed by atoms with Crippen LogP contribution in [0.1, 0.15) is 70.5 Å². The maximum absolute atomic E-state index is 13.4. The van der Waals surface area contributed by atoms with E-state index in [0.29, 0.717) is 37.6 Å². The van der Waals surface area contributed by atoms with Crippen molar-refractivity contribution in [2.75, 3.05) is 39.4 Å². The summed E-state index contributed by atoms with van der Waals surface area (Å²) < 4.78 is 11.6. The maximum Gasteiger partial charge on any atom is 0.295 e. The van der Waals surface area contributed by atoms with Crippen molar-refractivity contribution in [1.82, 2.24) is 9.80 Å². The number of likely N-dealkylation sites (N-methyl/N-ethyl adjacent to an activating group) is 1. The van der Waals surface area contributed by atoms with Crippen LogP contribution in [0.4, 0.5) is 0 Å². The van der Waals surface area contributed by atoms with Crippen LogP contribution in [0.5, 0.6) is 11.5 Å². The minimum absolute atomic E-state index is 0.0971. The molecule has 0 aromatic heterocycles. The first-order valence-corrected chi connectivity index (χ1v) is 13.9. The molecular formula is C31H42N2O5. The van der Waals surface area contributed by atoms with Crippen LogP contribution in [-0.2, 0) is 9.59 Å². The highest BCUT2D eigenvalue weighted by Crippen LogP contribution is 2.40. The molecule has 206 valence electrons. The zero-order valence-corrected chi connectivity index (χ0v) is 23.2. The van der Waals surface area contributed by atoms with Gasteiger partial charge < -0.3 is 24.4 Å². The first-order chi connectivity index (χ1) is 18.4. The van der Waals surface area contributed by atoms with E-state index in [-0.39, 0.29) is 11.3 Å². The number of unbranched alkanes of at least 4 members (excludes halogenated alkanes) is 2. The molecule has 1 aliphatic rings. The van der Waals surface area contributed by atoms with Crippen molar-refractivity contribution < 1.29 is 24.2 Å². The fourth-order valence-electron chi connectivity index (χ4n) is 4.55. The summed E-state index contributed by atoms with van der Waals surface area (Å²) in [5, 5.41) is 11.4. The summed E-state index contributed by atoms with van der Waals surface area (Å²) in [6.45, 7) is 12.3. The lowest BCUT2D eigenvalue weighted by atomic mass is 9.95. The van der Waals surface area contributed by atoms with Gasteiger partial charge in [0.15, 0.2) is 0 Å². The van der Waals surface area contributed by atoms with Crippen LogP contribution in [-0.4, -0.2) is 66.0 Å². The largest absolute Gasteiger partial charge is 0.507 e. The Morgan fingerprint density at radius 1 is 0.895 bits per heavy atom. The van der Waals surface area contributed by atoms with Gasteiger partial charge in [0.05, 0.1) is 24.8 Å². The number of hydrogen-bond acceptors (Lipinski definition) is 6. The van der Waals surface area contributed by atoms with E-state index in [1.165, 1.54) is 0 Å². The van der Waals surface area contributed by atoms with E-state index in [0.717, 1.165) is 50.1 Å². The van der Waals surface area contributed by atoms with Gasteiger partial charge in [0.25, 0.3) is 11.7 Å². The number of ketones is 1. The van der Waals surface area contributed by atoms with Crippen LogP contribution >= 0.6 is 0 Å². The molecule has 3 rings (SSSR count). The Morgan fingerprint density at radius 2 is 1.53 bits per heavy atom. The van der Waals surface area contributed by atoms with Gasteiger partial charge >= 0.3 is 0 Å². The summed E-state index contributed by atoms with van der Waals surface area (Å²) in [5.74, 6) is -0.111. The zero-order valence-electron chi connectivity index (χ0n) is 23.2. The number of aliphatic hydroxyl groups excluding tert-OH is 1. The summed E-state index contributed by atoms with van der Waals surface area (Å²) in [6.07, 6.45) is 3.95. The van der Waals surface area contributed by atoms with E-state index in [4.69, 9.17) is 9.47 Å². The van der Waals surface area contributed by atoms with E-state index >= 15 is 0 Å². The van der Waals surface area contributed by atoms with Crippen molar-refractivity contribution in [3.05, 3.63) is 65.2 Å². The van der Waals surface area contributed by atoms with Gasteiger partial charge in [0.1, 0.15) is 17.3 Å². The van der Waals surface area contributed by atoms with E-state index in [1.807, 2.05) is 30.3 Å². The van der Waals surface area contributed by atoms with Crippen LogP contribution in [0.25, 0.3) is 5.76 Å². The van der Waals surface area contributed by atoms with Crippen molar-refractivity contribution in [2.45, 2.75) is 59.4 Å². The Hall–Kier alpha value is -3.32. The Balaban J connectivity index is 2.00. The predicted molar refractivity (Wildman–Crippen MR) is 150 cm³/mol. The first kappa shape index (κ1) is 29.2. The predicted octanol–water partition coefficient (Wildman–Crippen LogP) is 5.81. The standard InChI is InChI=1S/C31H42N2O5/c1-5-9-20-37-25-16-14-23(15-17-25)28-27(30(35)31(36)33(28)19-18-32(7-3)8-4)29(34)24-12-11-13-26(22-24)38-21-10-6-2/h11-17,22,28,34H,5-10,18-21H2,1-4H3. The number of aliphatic hydroxyl groups is 1. The molecule has 1 aliphatic heterocycles. The highest BCUT2D eigenvalue weighted by molar-refractivity contribution is 6.46. The van der Waals surface area contributed by atoms with E-state index in [9.17, 15) is 14.7 Å². The molecule has 2 aromatic rings.